The molecule has 1 aromatic carbocycles. The average Bonchev–Trinajstić information content (AvgIpc) is 3.26. The Morgan fingerprint density at radius 3 is 2.75 bits per heavy atom. The van der Waals surface area contributed by atoms with Crippen molar-refractivity contribution in [3.63, 3.8) is 0 Å². The fraction of sp³-hybridized carbons (Fsp3) is 0.500. The fourth-order valence-electron chi connectivity index (χ4n) is 4.82. The minimum absolute atomic E-state index is 0.00347. The molecule has 1 saturated carbocycles. The van der Waals surface area contributed by atoms with Gasteiger partial charge in [0.2, 0.25) is 11.8 Å². The molecule has 4 amide bonds. The van der Waals surface area contributed by atoms with Crippen LogP contribution >= 0.6 is 0 Å². The first-order valence-corrected chi connectivity index (χ1v) is 9.72. The number of carbonyl (C=O) groups excluding carboxylic acids is 4. The van der Waals surface area contributed by atoms with Crippen LogP contribution in [0.4, 0.5) is 0 Å². The van der Waals surface area contributed by atoms with Gasteiger partial charge in [0.1, 0.15) is 6.04 Å². The maximum absolute atomic E-state index is 13.1. The third-order valence-electron chi connectivity index (χ3n) is 6.60. The summed E-state index contributed by atoms with van der Waals surface area (Å²) in [6.07, 6.45) is 2.28. The first-order valence-electron chi connectivity index (χ1n) is 9.72. The number of imide groups is 2. The number of hydrogen-bond acceptors (Lipinski definition) is 6. The van der Waals surface area contributed by atoms with Crippen molar-refractivity contribution in [3.8, 4) is 0 Å². The molecule has 4 aliphatic rings. The second-order valence-corrected chi connectivity index (χ2v) is 8.41. The molecular formula is C20H22N4O4. The van der Waals surface area contributed by atoms with Crippen LogP contribution in [0.15, 0.2) is 18.2 Å². The molecule has 1 aliphatic carbocycles. The van der Waals surface area contributed by atoms with Crippen LogP contribution in [0.2, 0.25) is 0 Å². The maximum atomic E-state index is 13.1. The van der Waals surface area contributed by atoms with Crippen molar-refractivity contribution in [3.05, 3.63) is 34.9 Å². The van der Waals surface area contributed by atoms with E-state index in [-0.39, 0.29) is 24.3 Å². The van der Waals surface area contributed by atoms with Crippen molar-refractivity contribution in [1.82, 2.24) is 15.1 Å². The van der Waals surface area contributed by atoms with Gasteiger partial charge in [0.05, 0.1) is 11.1 Å². The number of fused-ring (bicyclic) bond motifs is 2. The Labute approximate surface area is 162 Å². The van der Waals surface area contributed by atoms with Gasteiger partial charge in [-0.25, -0.2) is 0 Å². The third kappa shape index (κ3) is 2.59. The molecule has 3 unspecified atom stereocenters. The number of nitrogens with zero attached hydrogens (tertiary/aromatic N) is 2. The van der Waals surface area contributed by atoms with E-state index >= 15 is 0 Å². The summed E-state index contributed by atoms with van der Waals surface area (Å²) >= 11 is 0. The second-order valence-electron chi connectivity index (χ2n) is 8.41. The number of carbonyl (C=O) groups is 4. The lowest BCUT2D eigenvalue weighted by atomic mass is 10.0. The van der Waals surface area contributed by atoms with Crippen molar-refractivity contribution < 1.29 is 19.2 Å². The lowest BCUT2D eigenvalue weighted by molar-refractivity contribution is -0.136. The first-order chi connectivity index (χ1) is 13.4. The summed E-state index contributed by atoms with van der Waals surface area (Å²) in [5, 5.41) is 2.22. The summed E-state index contributed by atoms with van der Waals surface area (Å²) in [6.45, 7) is 2.35. The molecule has 28 heavy (non-hydrogen) atoms. The fourth-order valence-corrected chi connectivity index (χ4v) is 4.82. The predicted octanol–water partition coefficient (Wildman–Crippen LogP) is 0.0109. The van der Waals surface area contributed by atoms with E-state index in [0.29, 0.717) is 23.6 Å². The molecule has 8 nitrogen and oxygen atoms in total. The molecule has 0 bridgehead atoms. The van der Waals surface area contributed by atoms with E-state index in [0.717, 1.165) is 36.4 Å². The number of likely N-dealkylation sites (tertiary alicyclic amines) is 1. The van der Waals surface area contributed by atoms with Gasteiger partial charge < -0.3 is 5.73 Å². The van der Waals surface area contributed by atoms with Crippen LogP contribution in [0.1, 0.15) is 52.0 Å². The Balaban J connectivity index is 1.40. The molecule has 146 valence electrons. The molecule has 3 aliphatic heterocycles. The number of rotatable bonds is 3. The molecule has 1 aromatic rings. The quantitative estimate of drug-likeness (QED) is 0.712. The largest absolute Gasteiger partial charge is 0.325 e. The van der Waals surface area contributed by atoms with Crippen molar-refractivity contribution in [1.29, 1.82) is 0 Å². The van der Waals surface area contributed by atoms with Gasteiger partial charge in [-0.1, -0.05) is 12.1 Å². The maximum Gasteiger partial charge on any atom is 0.262 e. The van der Waals surface area contributed by atoms with Crippen LogP contribution in [-0.4, -0.2) is 58.1 Å². The zero-order valence-corrected chi connectivity index (χ0v) is 15.4. The molecular weight excluding hydrogens is 360 g/mol. The molecule has 8 heteroatoms. The highest BCUT2D eigenvalue weighted by molar-refractivity contribution is 6.24. The van der Waals surface area contributed by atoms with Crippen LogP contribution in [-0.2, 0) is 16.1 Å². The van der Waals surface area contributed by atoms with Gasteiger partial charge >= 0.3 is 0 Å². The number of benzene rings is 1. The third-order valence-corrected chi connectivity index (χ3v) is 6.60. The molecule has 0 aromatic heterocycles. The smallest absolute Gasteiger partial charge is 0.262 e. The van der Waals surface area contributed by atoms with E-state index in [2.05, 4.69) is 10.2 Å². The van der Waals surface area contributed by atoms with E-state index in [1.54, 1.807) is 12.1 Å². The van der Waals surface area contributed by atoms with Gasteiger partial charge in [-0.3, -0.25) is 34.3 Å². The number of amides is 4. The van der Waals surface area contributed by atoms with Crippen molar-refractivity contribution in [2.75, 3.05) is 13.1 Å². The standard InChI is InChI=1S/C20H22N4O4/c21-20-6-7-23(10-12(20)8-20)9-11-2-1-3-13-16(11)19(28)24(18(13)27)14-4-5-15(25)22-17(14)26/h1-3,12,14H,4-10,21H2,(H,22,25,26). The SMILES string of the molecule is NC12CCN(Cc3cccc4c3C(=O)N(C3CCC(=O)NC3=O)C4=O)CC1C2. The Morgan fingerprint density at radius 1 is 1.18 bits per heavy atom. The Hall–Kier alpha value is -2.58. The van der Waals surface area contributed by atoms with Crippen LogP contribution in [0.25, 0.3) is 0 Å². The zero-order valence-electron chi connectivity index (χ0n) is 15.4. The molecule has 3 atom stereocenters. The molecule has 5 rings (SSSR count). The van der Waals surface area contributed by atoms with Gasteiger partial charge in [-0.05, 0) is 36.8 Å². The van der Waals surface area contributed by atoms with Crippen molar-refractivity contribution in [2.24, 2.45) is 11.7 Å². The van der Waals surface area contributed by atoms with E-state index in [4.69, 9.17) is 5.73 Å². The van der Waals surface area contributed by atoms with Crippen molar-refractivity contribution >= 4 is 23.6 Å². The van der Waals surface area contributed by atoms with E-state index in [1.807, 2.05) is 6.07 Å². The van der Waals surface area contributed by atoms with Crippen LogP contribution in [0.3, 0.4) is 0 Å². The summed E-state index contributed by atoms with van der Waals surface area (Å²) in [5.41, 5.74) is 7.80. The van der Waals surface area contributed by atoms with E-state index in [9.17, 15) is 19.2 Å². The predicted molar refractivity (Wildman–Crippen MR) is 98.0 cm³/mol. The molecule has 0 spiro atoms. The highest BCUT2D eigenvalue weighted by atomic mass is 16.2. The van der Waals surface area contributed by atoms with E-state index < -0.39 is 23.8 Å². The Bertz CT molecular complexity index is 929. The van der Waals surface area contributed by atoms with Crippen molar-refractivity contribution in [2.45, 2.75) is 43.8 Å². The van der Waals surface area contributed by atoms with Crippen LogP contribution in [0, 0.1) is 5.92 Å². The molecule has 2 saturated heterocycles. The normalized spacial score (nSPS) is 32.2. The van der Waals surface area contributed by atoms with Gasteiger partial charge in [0.15, 0.2) is 0 Å². The molecule has 3 heterocycles. The summed E-state index contributed by atoms with van der Waals surface area (Å²) in [7, 11) is 0. The number of nitrogens with two attached hydrogens (primary N) is 1. The minimum atomic E-state index is -0.933. The highest BCUT2D eigenvalue weighted by Crippen LogP contribution is 2.47. The Morgan fingerprint density at radius 2 is 2.00 bits per heavy atom. The second kappa shape index (κ2) is 5.96. The molecule has 0 radical (unpaired) electrons. The van der Waals surface area contributed by atoms with Crippen LogP contribution < -0.4 is 11.1 Å². The summed E-state index contributed by atoms with van der Waals surface area (Å²) in [5.74, 6) is -1.36. The lowest BCUT2D eigenvalue weighted by Crippen LogP contribution is -2.54. The van der Waals surface area contributed by atoms with Gasteiger partial charge in [-0.15, -0.1) is 0 Å². The minimum Gasteiger partial charge on any atom is -0.325 e. The number of hydrogen-bond donors (Lipinski definition) is 2. The van der Waals surface area contributed by atoms with Gasteiger partial charge in [0.25, 0.3) is 11.8 Å². The molecule has 3 fully saturated rings. The lowest BCUT2D eigenvalue weighted by Gasteiger charge is -2.30. The van der Waals surface area contributed by atoms with Gasteiger partial charge in [-0.2, -0.15) is 0 Å². The molecule has 3 N–H and O–H groups in total. The topological polar surface area (TPSA) is 113 Å². The van der Waals surface area contributed by atoms with E-state index in [1.165, 1.54) is 0 Å². The Kier molecular flexibility index (Phi) is 3.73. The summed E-state index contributed by atoms with van der Waals surface area (Å²) in [6, 6.07) is 4.35. The highest BCUT2D eigenvalue weighted by Gasteiger charge is 2.53. The van der Waals surface area contributed by atoms with Crippen LogP contribution in [0.5, 0.6) is 0 Å². The zero-order chi connectivity index (χ0) is 19.6. The summed E-state index contributed by atoms with van der Waals surface area (Å²) in [4.78, 5) is 52.9. The monoisotopic (exact) mass is 382 g/mol. The van der Waals surface area contributed by atoms with Gasteiger partial charge in [0, 0.05) is 31.6 Å². The summed E-state index contributed by atoms with van der Waals surface area (Å²) < 4.78 is 0. The number of nitrogens with one attached hydrogen (secondary N) is 1. The average molecular weight is 382 g/mol. The first kappa shape index (κ1) is 17.5. The number of piperidine rings is 2.